The molecular formula is C18H24N4O2S2. The maximum Gasteiger partial charge on any atom is 0.240 e. The van der Waals surface area contributed by atoms with Crippen molar-refractivity contribution in [3.05, 3.63) is 35.9 Å². The van der Waals surface area contributed by atoms with Gasteiger partial charge in [0.15, 0.2) is 4.34 Å². The van der Waals surface area contributed by atoms with E-state index in [9.17, 15) is 4.79 Å². The summed E-state index contributed by atoms with van der Waals surface area (Å²) in [7, 11) is 1.67. The Bertz CT molecular complexity index is 690. The molecule has 0 spiro atoms. The first-order valence-corrected chi connectivity index (χ1v) is 10.5. The Morgan fingerprint density at radius 2 is 2.04 bits per heavy atom. The number of anilines is 1. The molecule has 6 nitrogen and oxygen atoms in total. The summed E-state index contributed by atoms with van der Waals surface area (Å²) in [4.78, 5) is 15.1. The van der Waals surface area contributed by atoms with E-state index in [0.29, 0.717) is 13.2 Å². The van der Waals surface area contributed by atoms with Crippen molar-refractivity contribution in [1.29, 1.82) is 0 Å². The van der Waals surface area contributed by atoms with Crippen LogP contribution in [-0.4, -0.2) is 54.4 Å². The predicted molar refractivity (Wildman–Crippen MR) is 106 cm³/mol. The Kier molecular flexibility index (Phi) is 7.28. The van der Waals surface area contributed by atoms with E-state index in [1.165, 1.54) is 29.5 Å². The van der Waals surface area contributed by atoms with Gasteiger partial charge in [-0.2, -0.15) is 0 Å². The maximum absolute atomic E-state index is 13.2. The van der Waals surface area contributed by atoms with Crippen molar-refractivity contribution >= 4 is 34.1 Å². The van der Waals surface area contributed by atoms with E-state index in [1.54, 1.807) is 7.11 Å². The molecular weight excluding hydrogens is 368 g/mol. The Balaban J connectivity index is 1.72. The quantitative estimate of drug-likeness (QED) is 0.548. The molecule has 26 heavy (non-hydrogen) atoms. The van der Waals surface area contributed by atoms with Crippen LogP contribution in [0, 0.1) is 0 Å². The number of aromatic nitrogens is 2. The molecule has 1 saturated heterocycles. The number of ether oxygens (including phenoxy) is 1. The molecule has 1 fully saturated rings. The minimum atomic E-state index is -0.283. The molecule has 140 valence electrons. The monoisotopic (exact) mass is 392 g/mol. The maximum atomic E-state index is 13.2. The van der Waals surface area contributed by atoms with E-state index in [0.717, 1.165) is 41.0 Å². The van der Waals surface area contributed by atoms with E-state index in [1.807, 2.05) is 35.2 Å². The van der Waals surface area contributed by atoms with Gasteiger partial charge in [-0.05, 0) is 24.8 Å². The van der Waals surface area contributed by atoms with Crippen LogP contribution in [0.15, 0.2) is 34.7 Å². The summed E-state index contributed by atoms with van der Waals surface area (Å²) in [6.45, 7) is 3.00. The van der Waals surface area contributed by atoms with Crippen molar-refractivity contribution in [2.75, 3.05) is 38.7 Å². The molecule has 0 radical (unpaired) electrons. The van der Waals surface area contributed by atoms with E-state index in [-0.39, 0.29) is 11.2 Å². The zero-order valence-electron chi connectivity index (χ0n) is 14.9. The Labute approximate surface area is 162 Å². The molecule has 2 heterocycles. The highest BCUT2D eigenvalue weighted by atomic mass is 32.2. The summed E-state index contributed by atoms with van der Waals surface area (Å²) in [6.07, 6.45) is 3.38. The van der Waals surface area contributed by atoms with Gasteiger partial charge in [-0.15, -0.1) is 10.2 Å². The third kappa shape index (κ3) is 5.18. The largest absolute Gasteiger partial charge is 0.383 e. The molecule has 1 atom stereocenters. The van der Waals surface area contributed by atoms with E-state index >= 15 is 0 Å². The summed E-state index contributed by atoms with van der Waals surface area (Å²) in [5.41, 5.74) is 1.01. The third-order valence-corrected chi connectivity index (χ3v) is 6.41. The summed E-state index contributed by atoms with van der Waals surface area (Å²) in [6, 6.07) is 9.95. The van der Waals surface area contributed by atoms with E-state index < -0.39 is 0 Å². The summed E-state index contributed by atoms with van der Waals surface area (Å²) in [5, 5.41) is 12.1. The van der Waals surface area contributed by atoms with Crippen LogP contribution in [0.1, 0.15) is 30.1 Å². The first-order valence-electron chi connectivity index (χ1n) is 8.84. The average Bonchev–Trinajstić information content (AvgIpc) is 3.15. The number of nitrogens with one attached hydrogen (secondary N) is 1. The summed E-state index contributed by atoms with van der Waals surface area (Å²) < 4.78 is 5.83. The highest BCUT2D eigenvalue weighted by Gasteiger charge is 2.29. The van der Waals surface area contributed by atoms with Gasteiger partial charge in [-0.1, -0.05) is 53.4 Å². The van der Waals surface area contributed by atoms with Gasteiger partial charge in [0.1, 0.15) is 5.25 Å². The number of rotatable bonds is 8. The molecule has 1 aromatic carbocycles. The molecule has 8 heteroatoms. The number of carbonyl (C=O) groups is 1. The molecule has 0 aliphatic carbocycles. The van der Waals surface area contributed by atoms with Gasteiger partial charge in [0.25, 0.3) is 0 Å². The Morgan fingerprint density at radius 3 is 2.77 bits per heavy atom. The fourth-order valence-corrected chi connectivity index (χ4v) is 4.91. The van der Waals surface area contributed by atoms with Gasteiger partial charge in [-0.3, -0.25) is 4.79 Å². The van der Waals surface area contributed by atoms with Gasteiger partial charge in [-0.25, -0.2) is 0 Å². The second kappa shape index (κ2) is 9.89. The average molecular weight is 393 g/mol. The fraction of sp³-hybridized carbons (Fsp3) is 0.500. The van der Waals surface area contributed by atoms with E-state index in [2.05, 4.69) is 15.5 Å². The lowest BCUT2D eigenvalue weighted by atomic mass is 10.1. The number of hydrogen-bond acceptors (Lipinski definition) is 7. The molecule has 0 bridgehead atoms. The van der Waals surface area contributed by atoms with Crippen molar-refractivity contribution < 1.29 is 9.53 Å². The van der Waals surface area contributed by atoms with Gasteiger partial charge >= 0.3 is 0 Å². The highest BCUT2D eigenvalue weighted by molar-refractivity contribution is 8.01. The first-order chi connectivity index (χ1) is 12.8. The van der Waals surface area contributed by atoms with Crippen LogP contribution >= 0.6 is 23.1 Å². The van der Waals surface area contributed by atoms with Gasteiger partial charge in [0.05, 0.1) is 6.61 Å². The van der Waals surface area contributed by atoms with Gasteiger partial charge < -0.3 is 15.0 Å². The van der Waals surface area contributed by atoms with Gasteiger partial charge in [0, 0.05) is 26.7 Å². The fourth-order valence-electron chi connectivity index (χ4n) is 2.86. The lowest BCUT2D eigenvalue weighted by Crippen LogP contribution is -2.38. The number of thioether (sulfide) groups is 1. The summed E-state index contributed by atoms with van der Waals surface area (Å²) in [5.74, 6) is 0.171. The minimum absolute atomic E-state index is 0.171. The lowest BCUT2D eigenvalue weighted by Gasteiger charge is -2.30. The van der Waals surface area contributed by atoms with Crippen molar-refractivity contribution in [2.45, 2.75) is 28.9 Å². The second-order valence-electron chi connectivity index (χ2n) is 6.09. The molecule has 1 unspecified atom stereocenters. The Hall–Kier alpha value is -1.64. The molecule has 3 rings (SSSR count). The van der Waals surface area contributed by atoms with Crippen LogP contribution in [0.4, 0.5) is 5.13 Å². The van der Waals surface area contributed by atoms with Crippen LogP contribution in [0.3, 0.4) is 0 Å². The predicted octanol–water partition coefficient (Wildman–Crippen LogP) is 3.44. The zero-order valence-corrected chi connectivity index (χ0v) is 16.5. The topological polar surface area (TPSA) is 67.3 Å². The molecule has 1 N–H and O–H groups in total. The smallest absolute Gasteiger partial charge is 0.240 e. The van der Waals surface area contributed by atoms with Crippen molar-refractivity contribution in [3.8, 4) is 0 Å². The lowest BCUT2D eigenvalue weighted by molar-refractivity contribution is -0.131. The van der Waals surface area contributed by atoms with Crippen LogP contribution in [0.2, 0.25) is 0 Å². The second-order valence-corrected chi connectivity index (χ2v) is 8.42. The SMILES string of the molecule is COCCNc1nnc(SC(C(=O)N2CCCCC2)c2ccccc2)s1. The number of benzene rings is 1. The number of likely N-dealkylation sites (tertiary alicyclic amines) is 1. The molecule has 1 aliphatic rings. The molecule has 1 amide bonds. The van der Waals surface area contributed by atoms with Crippen molar-refractivity contribution in [3.63, 3.8) is 0 Å². The Morgan fingerprint density at radius 1 is 1.27 bits per heavy atom. The molecule has 2 aromatic rings. The van der Waals surface area contributed by atoms with Crippen molar-refractivity contribution in [1.82, 2.24) is 15.1 Å². The standard InChI is InChI=1S/C18H24N4O2S2/c1-24-13-10-19-17-20-21-18(26-17)25-15(14-8-4-2-5-9-14)16(23)22-11-6-3-7-12-22/h2,4-5,8-9,15H,3,6-7,10-13H2,1H3,(H,19,20). The number of nitrogens with zero attached hydrogens (tertiary/aromatic N) is 3. The summed E-state index contributed by atoms with van der Waals surface area (Å²) >= 11 is 2.96. The number of methoxy groups -OCH3 is 1. The zero-order chi connectivity index (χ0) is 18.2. The molecule has 1 aromatic heterocycles. The molecule has 0 saturated carbocycles. The minimum Gasteiger partial charge on any atom is -0.383 e. The normalized spacial score (nSPS) is 15.7. The van der Waals surface area contributed by atoms with Crippen LogP contribution in [-0.2, 0) is 9.53 Å². The first kappa shape index (κ1) is 19.1. The third-order valence-electron chi connectivity index (χ3n) is 4.20. The number of carbonyl (C=O) groups excluding carboxylic acids is 1. The number of amides is 1. The number of hydrogen-bond donors (Lipinski definition) is 1. The van der Waals surface area contributed by atoms with E-state index in [4.69, 9.17) is 4.74 Å². The van der Waals surface area contributed by atoms with Crippen LogP contribution in [0.5, 0.6) is 0 Å². The van der Waals surface area contributed by atoms with Crippen molar-refractivity contribution in [2.24, 2.45) is 0 Å². The van der Waals surface area contributed by atoms with Crippen LogP contribution < -0.4 is 5.32 Å². The molecule has 1 aliphatic heterocycles. The number of piperidine rings is 1. The van der Waals surface area contributed by atoms with Gasteiger partial charge in [0.2, 0.25) is 11.0 Å². The highest BCUT2D eigenvalue weighted by Crippen LogP contribution is 2.39. The van der Waals surface area contributed by atoms with Crippen LogP contribution in [0.25, 0.3) is 0 Å².